The molecule has 0 spiro atoms. The number of thiophene rings is 1. The molecule has 1 aromatic carbocycles. The van der Waals surface area contributed by atoms with Crippen molar-refractivity contribution in [1.82, 2.24) is 0 Å². The number of ether oxygens (including phenoxy) is 1. The molecule has 1 heterocycles. The fourth-order valence-electron chi connectivity index (χ4n) is 1.12. The Morgan fingerprint density at radius 2 is 2.07 bits per heavy atom. The third-order valence-corrected chi connectivity index (χ3v) is 2.57. The number of rotatable bonds is 3. The summed E-state index contributed by atoms with van der Waals surface area (Å²) in [6.07, 6.45) is 0. The molecule has 2 aromatic rings. The molecular formula is C11H10O2S. The molecule has 0 saturated heterocycles. The Labute approximate surface area is 86.4 Å². The molecule has 0 bridgehead atoms. The number of hydrogen-bond donors (Lipinski definition) is 1. The van der Waals surface area contributed by atoms with Crippen molar-refractivity contribution in [3.8, 4) is 11.5 Å². The normalized spacial score (nSPS) is 10.0. The molecule has 0 aliphatic rings. The van der Waals surface area contributed by atoms with Gasteiger partial charge in [-0.1, -0.05) is 12.1 Å². The molecule has 0 unspecified atom stereocenters. The summed E-state index contributed by atoms with van der Waals surface area (Å²) in [7, 11) is 0. The quantitative estimate of drug-likeness (QED) is 0.836. The van der Waals surface area contributed by atoms with Crippen LogP contribution >= 0.6 is 11.3 Å². The van der Waals surface area contributed by atoms with E-state index in [9.17, 15) is 5.11 Å². The van der Waals surface area contributed by atoms with Crippen LogP contribution in [0.3, 0.4) is 0 Å². The predicted molar refractivity (Wildman–Crippen MR) is 56.8 cm³/mol. The SMILES string of the molecule is Oc1ccccc1OCc1ccsc1. The van der Waals surface area contributed by atoms with Crippen molar-refractivity contribution in [2.75, 3.05) is 0 Å². The average Bonchev–Trinajstić information content (AvgIpc) is 2.69. The van der Waals surface area contributed by atoms with E-state index in [0.29, 0.717) is 12.4 Å². The number of para-hydroxylation sites is 2. The molecule has 0 amide bonds. The number of hydrogen-bond acceptors (Lipinski definition) is 3. The molecule has 14 heavy (non-hydrogen) atoms. The molecule has 0 radical (unpaired) electrons. The van der Waals surface area contributed by atoms with Crippen molar-refractivity contribution in [1.29, 1.82) is 0 Å². The van der Waals surface area contributed by atoms with E-state index in [2.05, 4.69) is 0 Å². The van der Waals surface area contributed by atoms with Gasteiger partial charge in [0.15, 0.2) is 11.5 Å². The largest absolute Gasteiger partial charge is 0.504 e. The summed E-state index contributed by atoms with van der Waals surface area (Å²) in [6, 6.07) is 8.98. The minimum Gasteiger partial charge on any atom is -0.504 e. The highest BCUT2D eigenvalue weighted by Crippen LogP contribution is 2.25. The Hall–Kier alpha value is -1.48. The van der Waals surface area contributed by atoms with Gasteiger partial charge in [0.1, 0.15) is 6.61 Å². The van der Waals surface area contributed by atoms with E-state index < -0.39 is 0 Å². The first-order chi connectivity index (χ1) is 6.86. The van der Waals surface area contributed by atoms with Gasteiger partial charge in [-0.15, -0.1) is 0 Å². The summed E-state index contributed by atoms with van der Waals surface area (Å²) in [5.41, 5.74) is 1.12. The van der Waals surface area contributed by atoms with Crippen molar-refractivity contribution in [3.05, 3.63) is 46.7 Å². The summed E-state index contributed by atoms with van der Waals surface area (Å²) < 4.78 is 5.44. The Morgan fingerprint density at radius 3 is 2.79 bits per heavy atom. The highest BCUT2D eigenvalue weighted by Gasteiger charge is 2.00. The minimum atomic E-state index is 0.183. The first-order valence-corrected chi connectivity index (χ1v) is 5.22. The smallest absolute Gasteiger partial charge is 0.161 e. The molecule has 2 rings (SSSR count). The van der Waals surface area contributed by atoms with E-state index in [4.69, 9.17) is 4.74 Å². The fourth-order valence-corrected chi connectivity index (χ4v) is 1.77. The second kappa shape index (κ2) is 4.15. The van der Waals surface area contributed by atoms with Crippen LogP contribution in [0.15, 0.2) is 41.1 Å². The third-order valence-electron chi connectivity index (χ3n) is 1.84. The van der Waals surface area contributed by atoms with Crippen molar-refractivity contribution >= 4 is 11.3 Å². The summed E-state index contributed by atoms with van der Waals surface area (Å²) in [5, 5.41) is 13.4. The van der Waals surface area contributed by atoms with Gasteiger partial charge in [0.2, 0.25) is 0 Å². The molecule has 72 valence electrons. The highest BCUT2D eigenvalue weighted by molar-refractivity contribution is 7.07. The molecule has 0 saturated carbocycles. The minimum absolute atomic E-state index is 0.183. The van der Waals surface area contributed by atoms with Crippen LogP contribution in [0.1, 0.15) is 5.56 Å². The molecule has 1 N–H and O–H groups in total. The van der Waals surface area contributed by atoms with Crippen LogP contribution < -0.4 is 4.74 Å². The molecule has 0 fully saturated rings. The van der Waals surface area contributed by atoms with Gasteiger partial charge in [0.05, 0.1) is 0 Å². The van der Waals surface area contributed by atoms with Crippen molar-refractivity contribution < 1.29 is 9.84 Å². The zero-order valence-electron chi connectivity index (χ0n) is 7.51. The van der Waals surface area contributed by atoms with Gasteiger partial charge in [-0.3, -0.25) is 0 Å². The topological polar surface area (TPSA) is 29.5 Å². The zero-order valence-corrected chi connectivity index (χ0v) is 8.33. The lowest BCUT2D eigenvalue weighted by Crippen LogP contribution is -1.93. The van der Waals surface area contributed by atoms with Gasteiger partial charge in [-0.2, -0.15) is 11.3 Å². The maximum Gasteiger partial charge on any atom is 0.161 e. The first-order valence-electron chi connectivity index (χ1n) is 4.28. The number of aromatic hydroxyl groups is 1. The highest BCUT2D eigenvalue weighted by atomic mass is 32.1. The lowest BCUT2D eigenvalue weighted by atomic mass is 10.3. The zero-order chi connectivity index (χ0) is 9.80. The van der Waals surface area contributed by atoms with Crippen LogP contribution in [0, 0.1) is 0 Å². The van der Waals surface area contributed by atoms with Crippen molar-refractivity contribution in [3.63, 3.8) is 0 Å². The Kier molecular flexibility index (Phi) is 2.70. The van der Waals surface area contributed by atoms with Crippen LogP contribution in [-0.2, 0) is 6.61 Å². The lowest BCUT2D eigenvalue weighted by molar-refractivity contribution is 0.289. The molecular weight excluding hydrogens is 196 g/mol. The van der Waals surface area contributed by atoms with E-state index in [1.165, 1.54) is 0 Å². The summed E-state index contributed by atoms with van der Waals surface area (Å²) in [5.74, 6) is 0.710. The molecule has 0 aliphatic carbocycles. The number of phenolic OH excluding ortho intramolecular Hbond substituents is 1. The van der Waals surface area contributed by atoms with Crippen molar-refractivity contribution in [2.45, 2.75) is 6.61 Å². The lowest BCUT2D eigenvalue weighted by Gasteiger charge is -2.05. The van der Waals surface area contributed by atoms with E-state index in [0.717, 1.165) is 5.56 Å². The molecule has 2 nitrogen and oxygen atoms in total. The monoisotopic (exact) mass is 206 g/mol. The maximum absolute atomic E-state index is 9.42. The van der Waals surface area contributed by atoms with Gasteiger partial charge in [0, 0.05) is 0 Å². The van der Waals surface area contributed by atoms with Gasteiger partial charge >= 0.3 is 0 Å². The third kappa shape index (κ3) is 2.06. The van der Waals surface area contributed by atoms with Gasteiger partial charge < -0.3 is 9.84 Å². The molecule has 1 aromatic heterocycles. The van der Waals surface area contributed by atoms with Gasteiger partial charge in [-0.25, -0.2) is 0 Å². The fraction of sp³-hybridized carbons (Fsp3) is 0.0909. The average molecular weight is 206 g/mol. The summed E-state index contributed by atoms with van der Waals surface area (Å²) in [6.45, 7) is 0.501. The second-order valence-corrected chi connectivity index (χ2v) is 3.67. The summed E-state index contributed by atoms with van der Waals surface area (Å²) >= 11 is 1.64. The van der Waals surface area contributed by atoms with E-state index in [1.54, 1.807) is 29.5 Å². The van der Waals surface area contributed by atoms with Crippen LogP contribution in [0.25, 0.3) is 0 Å². The molecule has 0 atom stereocenters. The Balaban J connectivity index is 2.02. The number of benzene rings is 1. The van der Waals surface area contributed by atoms with Crippen molar-refractivity contribution in [2.24, 2.45) is 0 Å². The first kappa shape index (κ1) is 9.09. The van der Waals surface area contributed by atoms with Crippen LogP contribution in [0.2, 0.25) is 0 Å². The standard InChI is InChI=1S/C11H10O2S/c12-10-3-1-2-4-11(10)13-7-9-5-6-14-8-9/h1-6,8,12H,7H2. The molecule has 3 heteroatoms. The van der Waals surface area contributed by atoms with Crippen LogP contribution in [0.5, 0.6) is 11.5 Å². The van der Waals surface area contributed by atoms with Gasteiger partial charge in [0.25, 0.3) is 0 Å². The van der Waals surface area contributed by atoms with Crippen LogP contribution in [-0.4, -0.2) is 5.11 Å². The second-order valence-electron chi connectivity index (χ2n) is 2.89. The Morgan fingerprint density at radius 1 is 1.21 bits per heavy atom. The van der Waals surface area contributed by atoms with Crippen LogP contribution in [0.4, 0.5) is 0 Å². The van der Waals surface area contributed by atoms with E-state index in [1.807, 2.05) is 22.9 Å². The Bertz CT molecular complexity index is 395. The van der Waals surface area contributed by atoms with Gasteiger partial charge in [-0.05, 0) is 34.5 Å². The predicted octanol–water partition coefficient (Wildman–Crippen LogP) is 3.03. The summed E-state index contributed by atoms with van der Waals surface area (Å²) in [4.78, 5) is 0. The van der Waals surface area contributed by atoms with E-state index >= 15 is 0 Å². The molecule has 0 aliphatic heterocycles. The maximum atomic E-state index is 9.42. The van der Waals surface area contributed by atoms with E-state index in [-0.39, 0.29) is 5.75 Å². The number of phenols is 1.